The highest BCUT2D eigenvalue weighted by atomic mass is 16.5. The van der Waals surface area contributed by atoms with Crippen LogP contribution >= 0.6 is 0 Å². The number of ketones is 1. The average Bonchev–Trinajstić information content (AvgIpc) is 2.94. The van der Waals surface area contributed by atoms with Crippen LogP contribution in [0.4, 0.5) is 0 Å². The van der Waals surface area contributed by atoms with E-state index >= 15 is 0 Å². The molecule has 0 radical (unpaired) electrons. The number of hydrogen-bond acceptors (Lipinski definition) is 3. The molecule has 0 saturated heterocycles. The number of furan rings is 1. The first kappa shape index (κ1) is 12.0. The lowest BCUT2D eigenvalue weighted by Crippen LogP contribution is -2.21. The SMILES string of the molecule is CCc1occc1C(=O)C1CCOc2ccccc21. The molecule has 3 rings (SSSR count). The van der Waals surface area contributed by atoms with Gasteiger partial charge in [-0.05, 0) is 18.6 Å². The standard InChI is InChI=1S/C16H16O3/c1-2-14-13(8-10-18-14)16(17)12-7-9-19-15-6-4-3-5-11(12)15/h3-6,8,10,12H,2,7,9H2,1H3. The summed E-state index contributed by atoms with van der Waals surface area (Å²) in [5, 5.41) is 0. The molecule has 2 heterocycles. The lowest BCUT2D eigenvalue weighted by atomic mass is 9.86. The Morgan fingerprint density at radius 3 is 3.00 bits per heavy atom. The molecule has 0 aliphatic carbocycles. The Kier molecular flexibility index (Phi) is 3.11. The van der Waals surface area contributed by atoms with Crippen molar-refractivity contribution in [1.82, 2.24) is 0 Å². The second-order valence-corrected chi connectivity index (χ2v) is 4.70. The summed E-state index contributed by atoms with van der Waals surface area (Å²) in [6.07, 6.45) is 3.06. The number of aryl methyl sites for hydroxylation is 1. The van der Waals surface area contributed by atoms with Crippen molar-refractivity contribution in [2.45, 2.75) is 25.7 Å². The molecule has 3 heteroatoms. The first-order valence-electron chi connectivity index (χ1n) is 6.63. The summed E-state index contributed by atoms with van der Waals surface area (Å²) in [5.41, 5.74) is 1.70. The fourth-order valence-electron chi connectivity index (χ4n) is 2.64. The van der Waals surface area contributed by atoms with Crippen molar-refractivity contribution < 1.29 is 13.9 Å². The molecule has 19 heavy (non-hydrogen) atoms. The van der Waals surface area contributed by atoms with E-state index in [-0.39, 0.29) is 11.7 Å². The van der Waals surface area contributed by atoms with Crippen LogP contribution in [0.3, 0.4) is 0 Å². The molecule has 0 saturated carbocycles. The molecule has 1 aromatic carbocycles. The van der Waals surface area contributed by atoms with Gasteiger partial charge in [0, 0.05) is 12.0 Å². The van der Waals surface area contributed by atoms with E-state index < -0.39 is 0 Å². The minimum absolute atomic E-state index is 0.118. The molecule has 2 aromatic rings. The van der Waals surface area contributed by atoms with Gasteiger partial charge in [0.1, 0.15) is 11.5 Å². The van der Waals surface area contributed by atoms with Crippen molar-refractivity contribution in [2.75, 3.05) is 6.61 Å². The number of fused-ring (bicyclic) bond motifs is 1. The van der Waals surface area contributed by atoms with Crippen LogP contribution in [-0.4, -0.2) is 12.4 Å². The molecule has 98 valence electrons. The summed E-state index contributed by atoms with van der Waals surface area (Å²) in [6.45, 7) is 2.58. The van der Waals surface area contributed by atoms with Crippen LogP contribution in [0.2, 0.25) is 0 Å². The molecule has 0 bridgehead atoms. The molecule has 1 aromatic heterocycles. The third-order valence-electron chi connectivity index (χ3n) is 3.61. The van der Waals surface area contributed by atoms with Gasteiger partial charge in [-0.15, -0.1) is 0 Å². The van der Waals surface area contributed by atoms with Gasteiger partial charge >= 0.3 is 0 Å². The van der Waals surface area contributed by atoms with Crippen LogP contribution in [0.5, 0.6) is 5.75 Å². The largest absolute Gasteiger partial charge is 0.493 e. The molecule has 0 amide bonds. The van der Waals surface area contributed by atoms with Gasteiger partial charge in [0.05, 0.1) is 24.4 Å². The third kappa shape index (κ3) is 2.05. The number of carbonyl (C=O) groups is 1. The van der Waals surface area contributed by atoms with Crippen LogP contribution in [0.25, 0.3) is 0 Å². The zero-order valence-corrected chi connectivity index (χ0v) is 10.9. The molecule has 0 spiro atoms. The Labute approximate surface area is 112 Å². The summed E-state index contributed by atoms with van der Waals surface area (Å²) in [4.78, 5) is 12.7. The Morgan fingerprint density at radius 1 is 1.32 bits per heavy atom. The topological polar surface area (TPSA) is 39.4 Å². The van der Waals surface area contributed by atoms with Crippen LogP contribution in [-0.2, 0) is 6.42 Å². The summed E-state index contributed by atoms with van der Waals surface area (Å²) in [5.74, 6) is 1.62. The van der Waals surface area contributed by atoms with E-state index in [0.29, 0.717) is 12.2 Å². The van der Waals surface area contributed by atoms with Crippen LogP contribution in [0.15, 0.2) is 41.0 Å². The summed E-state index contributed by atoms with van der Waals surface area (Å²) in [7, 11) is 0. The van der Waals surface area contributed by atoms with Crippen molar-refractivity contribution in [3.05, 3.63) is 53.5 Å². The minimum atomic E-state index is -0.118. The lowest BCUT2D eigenvalue weighted by molar-refractivity contribution is 0.0931. The fraction of sp³-hybridized carbons (Fsp3) is 0.312. The highest BCUT2D eigenvalue weighted by Gasteiger charge is 2.29. The first-order valence-corrected chi connectivity index (χ1v) is 6.63. The van der Waals surface area contributed by atoms with Gasteiger partial charge in [-0.25, -0.2) is 0 Å². The highest BCUT2D eigenvalue weighted by Crippen LogP contribution is 2.36. The summed E-state index contributed by atoms with van der Waals surface area (Å²) < 4.78 is 11.0. The minimum Gasteiger partial charge on any atom is -0.493 e. The molecule has 0 N–H and O–H groups in total. The van der Waals surface area contributed by atoms with Gasteiger partial charge in [-0.1, -0.05) is 25.1 Å². The molecular formula is C16H16O3. The maximum atomic E-state index is 12.7. The number of benzene rings is 1. The summed E-state index contributed by atoms with van der Waals surface area (Å²) in [6, 6.07) is 9.55. The van der Waals surface area contributed by atoms with E-state index in [0.717, 1.165) is 29.9 Å². The van der Waals surface area contributed by atoms with Crippen LogP contribution in [0, 0.1) is 0 Å². The number of ether oxygens (including phenoxy) is 1. The molecule has 1 aliphatic heterocycles. The number of hydrogen-bond donors (Lipinski definition) is 0. The predicted molar refractivity (Wildman–Crippen MR) is 71.7 cm³/mol. The van der Waals surface area contributed by atoms with Crippen LogP contribution in [0.1, 0.15) is 40.9 Å². The second kappa shape index (κ2) is 4.92. The smallest absolute Gasteiger partial charge is 0.174 e. The fourth-order valence-corrected chi connectivity index (χ4v) is 2.64. The van der Waals surface area contributed by atoms with E-state index in [4.69, 9.17) is 9.15 Å². The Hall–Kier alpha value is -2.03. The molecule has 1 atom stereocenters. The normalized spacial score (nSPS) is 17.6. The Balaban J connectivity index is 1.98. The highest BCUT2D eigenvalue weighted by molar-refractivity contribution is 6.02. The number of Topliss-reactive ketones (excluding diaryl/α,β-unsaturated/α-hetero) is 1. The van der Waals surface area contributed by atoms with E-state index in [9.17, 15) is 4.79 Å². The summed E-state index contributed by atoms with van der Waals surface area (Å²) >= 11 is 0. The van der Waals surface area contributed by atoms with Crippen molar-refractivity contribution in [3.8, 4) is 5.75 Å². The maximum Gasteiger partial charge on any atom is 0.174 e. The van der Waals surface area contributed by atoms with E-state index in [1.54, 1.807) is 12.3 Å². The average molecular weight is 256 g/mol. The van der Waals surface area contributed by atoms with Gasteiger partial charge in [0.15, 0.2) is 5.78 Å². The zero-order valence-electron chi connectivity index (χ0n) is 10.9. The van der Waals surface area contributed by atoms with Crippen molar-refractivity contribution >= 4 is 5.78 Å². The molecule has 1 unspecified atom stereocenters. The lowest BCUT2D eigenvalue weighted by Gasteiger charge is -2.24. The Morgan fingerprint density at radius 2 is 2.16 bits per heavy atom. The second-order valence-electron chi connectivity index (χ2n) is 4.70. The van der Waals surface area contributed by atoms with E-state index in [1.807, 2.05) is 31.2 Å². The number of para-hydroxylation sites is 1. The quantitative estimate of drug-likeness (QED) is 0.788. The van der Waals surface area contributed by atoms with Gasteiger partial charge in [-0.3, -0.25) is 4.79 Å². The number of carbonyl (C=O) groups excluding carboxylic acids is 1. The Bertz CT molecular complexity index is 598. The molecular weight excluding hydrogens is 240 g/mol. The van der Waals surface area contributed by atoms with Crippen molar-refractivity contribution in [3.63, 3.8) is 0 Å². The van der Waals surface area contributed by atoms with Gasteiger partial charge < -0.3 is 9.15 Å². The van der Waals surface area contributed by atoms with E-state index in [1.165, 1.54) is 0 Å². The number of rotatable bonds is 3. The van der Waals surface area contributed by atoms with Crippen LogP contribution < -0.4 is 4.74 Å². The zero-order chi connectivity index (χ0) is 13.2. The monoisotopic (exact) mass is 256 g/mol. The van der Waals surface area contributed by atoms with E-state index in [2.05, 4.69) is 0 Å². The molecule has 1 aliphatic rings. The maximum absolute atomic E-state index is 12.7. The first-order chi connectivity index (χ1) is 9.31. The van der Waals surface area contributed by atoms with Gasteiger partial charge in [-0.2, -0.15) is 0 Å². The predicted octanol–water partition coefficient (Wildman–Crippen LogP) is 3.59. The van der Waals surface area contributed by atoms with Crippen molar-refractivity contribution in [2.24, 2.45) is 0 Å². The van der Waals surface area contributed by atoms with Crippen molar-refractivity contribution in [1.29, 1.82) is 0 Å². The van der Waals surface area contributed by atoms with Gasteiger partial charge in [0.2, 0.25) is 0 Å². The molecule has 3 nitrogen and oxygen atoms in total. The van der Waals surface area contributed by atoms with Gasteiger partial charge in [0.25, 0.3) is 0 Å². The third-order valence-corrected chi connectivity index (χ3v) is 3.61. The molecule has 0 fully saturated rings.